The Morgan fingerprint density at radius 2 is 1.89 bits per heavy atom. The zero-order chi connectivity index (χ0) is 13.9. The van der Waals surface area contributed by atoms with Gasteiger partial charge in [0.1, 0.15) is 11.6 Å². The molecule has 0 saturated heterocycles. The Morgan fingerprint density at radius 3 is 2.33 bits per heavy atom. The van der Waals surface area contributed by atoms with Crippen molar-refractivity contribution in [2.24, 2.45) is 5.84 Å². The van der Waals surface area contributed by atoms with Crippen LogP contribution in [0.1, 0.15) is 57.6 Å². The number of nitrogens with one attached hydrogen (secondary N) is 1. The highest BCUT2D eigenvalue weighted by Crippen LogP contribution is 2.29. The van der Waals surface area contributed by atoms with E-state index in [1.54, 1.807) is 0 Å². The monoisotopic (exact) mass is 268 g/mol. The SMILES string of the molecule is Cc1nc(CSC(C)(C)C)nc(NN)c1C(C)C. The fourth-order valence-corrected chi connectivity index (χ4v) is 2.48. The zero-order valence-corrected chi connectivity index (χ0v) is 13.0. The molecule has 1 aromatic heterocycles. The molecule has 0 radical (unpaired) electrons. The Morgan fingerprint density at radius 1 is 1.28 bits per heavy atom. The number of nitrogens with two attached hydrogens (primary N) is 1. The van der Waals surface area contributed by atoms with Crippen molar-refractivity contribution in [1.29, 1.82) is 0 Å². The van der Waals surface area contributed by atoms with Gasteiger partial charge in [-0.2, -0.15) is 0 Å². The molecule has 18 heavy (non-hydrogen) atoms. The molecular weight excluding hydrogens is 244 g/mol. The quantitative estimate of drug-likeness (QED) is 0.648. The van der Waals surface area contributed by atoms with Crippen LogP contribution in [0.3, 0.4) is 0 Å². The molecule has 0 fully saturated rings. The number of hydrazine groups is 1. The average Bonchev–Trinajstić information content (AvgIpc) is 2.23. The van der Waals surface area contributed by atoms with Crippen LogP contribution in [0.2, 0.25) is 0 Å². The van der Waals surface area contributed by atoms with E-state index in [0.29, 0.717) is 5.92 Å². The smallest absolute Gasteiger partial charge is 0.147 e. The Bertz CT molecular complexity index is 410. The van der Waals surface area contributed by atoms with Gasteiger partial charge in [0.2, 0.25) is 0 Å². The number of nitrogen functional groups attached to an aromatic ring is 1. The Hall–Kier alpha value is -0.810. The number of thioether (sulfide) groups is 1. The van der Waals surface area contributed by atoms with E-state index < -0.39 is 0 Å². The summed E-state index contributed by atoms with van der Waals surface area (Å²) >= 11 is 1.84. The lowest BCUT2D eigenvalue weighted by Gasteiger charge is -2.19. The summed E-state index contributed by atoms with van der Waals surface area (Å²) < 4.78 is 0.213. The fraction of sp³-hybridized carbons (Fsp3) is 0.692. The first kappa shape index (κ1) is 15.2. The predicted molar refractivity (Wildman–Crippen MR) is 79.7 cm³/mol. The molecule has 4 nitrogen and oxygen atoms in total. The minimum atomic E-state index is 0.213. The molecule has 3 N–H and O–H groups in total. The second-order valence-corrected chi connectivity index (χ2v) is 7.49. The van der Waals surface area contributed by atoms with Gasteiger partial charge < -0.3 is 5.43 Å². The minimum Gasteiger partial charge on any atom is -0.308 e. The largest absolute Gasteiger partial charge is 0.308 e. The van der Waals surface area contributed by atoms with Crippen molar-refractivity contribution in [3.8, 4) is 0 Å². The molecule has 0 saturated carbocycles. The van der Waals surface area contributed by atoms with Crippen LogP contribution >= 0.6 is 11.8 Å². The summed E-state index contributed by atoms with van der Waals surface area (Å²) in [5.74, 6) is 8.32. The van der Waals surface area contributed by atoms with E-state index in [-0.39, 0.29) is 4.75 Å². The Labute approximate surface area is 114 Å². The van der Waals surface area contributed by atoms with E-state index in [0.717, 1.165) is 28.7 Å². The molecule has 0 bridgehead atoms. The lowest BCUT2D eigenvalue weighted by Crippen LogP contribution is -2.16. The zero-order valence-electron chi connectivity index (χ0n) is 12.2. The van der Waals surface area contributed by atoms with Gasteiger partial charge in [-0.1, -0.05) is 34.6 Å². The summed E-state index contributed by atoms with van der Waals surface area (Å²) in [5.41, 5.74) is 4.81. The third-order valence-corrected chi connectivity index (χ3v) is 3.80. The van der Waals surface area contributed by atoms with Crippen LogP contribution < -0.4 is 11.3 Å². The van der Waals surface area contributed by atoms with Crippen molar-refractivity contribution < 1.29 is 0 Å². The number of nitrogens with zero attached hydrogens (tertiary/aromatic N) is 2. The van der Waals surface area contributed by atoms with Crippen molar-refractivity contribution >= 4 is 17.6 Å². The molecule has 0 amide bonds. The normalized spacial score (nSPS) is 12.0. The van der Waals surface area contributed by atoms with Crippen molar-refractivity contribution in [3.05, 3.63) is 17.1 Å². The molecule has 0 atom stereocenters. The maximum absolute atomic E-state index is 5.56. The van der Waals surface area contributed by atoms with Gasteiger partial charge in [0.05, 0.1) is 5.75 Å². The molecule has 1 heterocycles. The molecule has 0 unspecified atom stereocenters. The molecule has 5 heteroatoms. The highest BCUT2D eigenvalue weighted by molar-refractivity contribution is 7.99. The van der Waals surface area contributed by atoms with E-state index in [9.17, 15) is 0 Å². The van der Waals surface area contributed by atoms with Crippen molar-refractivity contribution in [3.63, 3.8) is 0 Å². The summed E-state index contributed by atoms with van der Waals surface area (Å²) in [6, 6.07) is 0. The van der Waals surface area contributed by atoms with Gasteiger partial charge in [-0.05, 0) is 12.8 Å². The number of aromatic nitrogens is 2. The van der Waals surface area contributed by atoms with Gasteiger partial charge in [-0.25, -0.2) is 15.8 Å². The van der Waals surface area contributed by atoms with E-state index in [2.05, 4.69) is 50.0 Å². The van der Waals surface area contributed by atoms with Gasteiger partial charge in [0, 0.05) is 16.0 Å². The summed E-state index contributed by atoms with van der Waals surface area (Å²) in [6.07, 6.45) is 0. The average molecular weight is 268 g/mol. The molecule has 0 aliphatic heterocycles. The lowest BCUT2D eigenvalue weighted by atomic mass is 10.0. The van der Waals surface area contributed by atoms with Crippen LogP contribution in [0.4, 0.5) is 5.82 Å². The first-order valence-corrected chi connectivity index (χ1v) is 7.21. The first-order chi connectivity index (χ1) is 8.24. The highest BCUT2D eigenvalue weighted by atomic mass is 32.2. The van der Waals surface area contributed by atoms with Gasteiger partial charge in [-0.3, -0.25) is 0 Å². The van der Waals surface area contributed by atoms with Gasteiger partial charge in [0.25, 0.3) is 0 Å². The van der Waals surface area contributed by atoms with Crippen LogP contribution in [-0.2, 0) is 5.75 Å². The van der Waals surface area contributed by atoms with Gasteiger partial charge >= 0.3 is 0 Å². The number of anilines is 1. The summed E-state index contributed by atoms with van der Waals surface area (Å²) in [4.78, 5) is 9.09. The summed E-state index contributed by atoms with van der Waals surface area (Å²) in [7, 11) is 0. The van der Waals surface area contributed by atoms with E-state index in [1.807, 2.05) is 18.7 Å². The summed E-state index contributed by atoms with van der Waals surface area (Å²) in [6.45, 7) is 12.8. The van der Waals surface area contributed by atoms with Gasteiger partial charge in [0.15, 0.2) is 0 Å². The number of hydrogen-bond donors (Lipinski definition) is 2. The van der Waals surface area contributed by atoms with Crippen molar-refractivity contribution in [1.82, 2.24) is 9.97 Å². The molecule has 0 aliphatic rings. The molecular formula is C13H24N4S. The van der Waals surface area contributed by atoms with E-state index >= 15 is 0 Å². The number of hydrogen-bond acceptors (Lipinski definition) is 5. The van der Waals surface area contributed by atoms with E-state index in [4.69, 9.17) is 5.84 Å². The third kappa shape index (κ3) is 4.14. The van der Waals surface area contributed by atoms with Crippen LogP contribution in [0.5, 0.6) is 0 Å². The lowest BCUT2D eigenvalue weighted by molar-refractivity contribution is 0.795. The topological polar surface area (TPSA) is 63.8 Å². The van der Waals surface area contributed by atoms with Crippen LogP contribution in [-0.4, -0.2) is 14.7 Å². The number of rotatable bonds is 4. The molecule has 102 valence electrons. The molecule has 0 aliphatic carbocycles. The Kier molecular flexibility index (Phi) is 4.99. The fourth-order valence-electron chi connectivity index (χ4n) is 1.79. The predicted octanol–water partition coefficient (Wildman–Crippen LogP) is 3.23. The maximum Gasteiger partial charge on any atom is 0.147 e. The first-order valence-electron chi connectivity index (χ1n) is 6.22. The van der Waals surface area contributed by atoms with Crippen molar-refractivity contribution in [2.45, 2.75) is 58.0 Å². The van der Waals surface area contributed by atoms with Gasteiger partial charge in [-0.15, -0.1) is 11.8 Å². The maximum atomic E-state index is 5.56. The second-order valence-electron chi connectivity index (χ2n) is 5.69. The van der Waals surface area contributed by atoms with Crippen LogP contribution in [0, 0.1) is 6.92 Å². The van der Waals surface area contributed by atoms with Crippen molar-refractivity contribution in [2.75, 3.05) is 5.43 Å². The third-order valence-electron chi connectivity index (χ3n) is 2.53. The molecule has 1 aromatic rings. The van der Waals surface area contributed by atoms with Crippen LogP contribution in [0.25, 0.3) is 0 Å². The van der Waals surface area contributed by atoms with E-state index in [1.165, 1.54) is 0 Å². The van der Waals surface area contributed by atoms with Crippen LogP contribution in [0.15, 0.2) is 0 Å². The molecule has 1 rings (SSSR count). The Balaban J connectivity index is 3.00. The second kappa shape index (κ2) is 5.89. The molecule has 0 aromatic carbocycles. The summed E-state index contributed by atoms with van der Waals surface area (Å²) in [5, 5.41) is 0. The molecule has 0 spiro atoms. The highest BCUT2D eigenvalue weighted by Gasteiger charge is 2.16. The number of aryl methyl sites for hydroxylation is 1. The minimum absolute atomic E-state index is 0.213. The standard InChI is InChI=1S/C13H24N4S/c1-8(2)11-9(3)15-10(16-12(11)17-14)7-18-13(4,5)6/h8H,7,14H2,1-6H3,(H,15,16,17).